The maximum atomic E-state index is 5.38. The average Bonchev–Trinajstić information content (AvgIpc) is 1.85. The van der Waals surface area contributed by atoms with E-state index in [1.54, 1.807) is 0 Å². The van der Waals surface area contributed by atoms with Crippen LogP contribution in [0.2, 0.25) is 0 Å². The summed E-state index contributed by atoms with van der Waals surface area (Å²) in [6, 6.07) is 101. The smallest absolute Gasteiger partial charge is 0.137 e. The number of allylic oxidation sites excluding steroid dienone is 4. The summed E-state index contributed by atoms with van der Waals surface area (Å²) in [7, 11) is 0. The molecule has 5 heterocycles. The van der Waals surface area contributed by atoms with Crippen molar-refractivity contribution in [3.05, 3.63) is 327 Å². The van der Waals surface area contributed by atoms with E-state index in [4.69, 9.17) is 4.98 Å². The molecule has 0 radical (unpaired) electrons. The van der Waals surface area contributed by atoms with Crippen molar-refractivity contribution in [1.82, 2.24) is 18.7 Å². The van der Waals surface area contributed by atoms with Gasteiger partial charge in [0.1, 0.15) is 5.82 Å². The molecule has 0 saturated carbocycles. The summed E-state index contributed by atoms with van der Waals surface area (Å²) in [5.41, 5.74) is 19.1. The molecular formula is C80H55N5. The van der Waals surface area contributed by atoms with Crippen LogP contribution in [0.25, 0.3) is 126 Å². The van der Waals surface area contributed by atoms with Gasteiger partial charge in [-0.2, -0.15) is 0 Å². The molecule has 16 aromatic rings. The Balaban J connectivity index is 0.000000787. The van der Waals surface area contributed by atoms with E-state index in [0.29, 0.717) is 0 Å². The monoisotopic (exact) mass is 1090 g/mol. The molecule has 1 aliphatic rings. The molecule has 0 atom stereocenters. The van der Waals surface area contributed by atoms with E-state index < -0.39 is 0 Å². The Morgan fingerprint density at radius 3 is 1.42 bits per heavy atom. The number of anilines is 2. The summed E-state index contributed by atoms with van der Waals surface area (Å²) in [5, 5.41) is 12.0. The minimum absolute atomic E-state index is 0.861. The van der Waals surface area contributed by atoms with Gasteiger partial charge in [-0.15, -0.1) is 0 Å². The van der Waals surface area contributed by atoms with Crippen molar-refractivity contribution in [2.45, 2.75) is 6.92 Å². The van der Waals surface area contributed by atoms with Crippen LogP contribution in [0.5, 0.6) is 0 Å². The van der Waals surface area contributed by atoms with Gasteiger partial charge in [0, 0.05) is 55.5 Å². The number of nitrogens with zero attached hydrogens (tertiary/aromatic N) is 5. The Kier molecular flexibility index (Phi) is 11.8. The molecule has 5 heteroatoms. The number of hydrogen-bond acceptors (Lipinski definition) is 2. The second kappa shape index (κ2) is 20.3. The summed E-state index contributed by atoms with van der Waals surface area (Å²) >= 11 is 0. The van der Waals surface area contributed by atoms with Crippen molar-refractivity contribution in [2.24, 2.45) is 0 Å². The minimum atomic E-state index is 0.861. The maximum Gasteiger partial charge on any atom is 0.137 e. The van der Waals surface area contributed by atoms with Crippen LogP contribution < -0.4 is 4.90 Å². The second-order valence-corrected chi connectivity index (χ2v) is 22.2. The van der Waals surface area contributed by atoms with Gasteiger partial charge in [0.05, 0.1) is 50.7 Å². The third-order valence-electron chi connectivity index (χ3n) is 17.1. The van der Waals surface area contributed by atoms with E-state index in [1.807, 2.05) is 24.4 Å². The molecule has 0 amide bonds. The molecule has 400 valence electrons. The van der Waals surface area contributed by atoms with Crippen molar-refractivity contribution in [3.8, 4) is 28.3 Å². The molecule has 0 aliphatic carbocycles. The van der Waals surface area contributed by atoms with Crippen LogP contribution >= 0.6 is 0 Å². The van der Waals surface area contributed by atoms with Crippen LogP contribution in [0.3, 0.4) is 0 Å². The average molecular weight is 1090 g/mol. The lowest BCUT2D eigenvalue weighted by Gasteiger charge is -2.26. The van der Waals surface area contributed by atoms with Crippen molar-refractivity contribution in [3.63, 3.8) is 0 Å². The Labute approximate surface area is 492 Å². The highest BCUT2D eigenvalue weighted by Crippen LogP contribution is 2.43. The molecule has 0 N–H and O–H groups in total. The fourth-order valence-corrected chi connectivity index (χ4v) is 13.0. The maximum absolute atomic E-state index is 5.38. The summed E-state index contributed by atoms with van der Waals surface area (Å²) in [5.74, 6) is 0.861. The summed E-state index contributed by atoms with van der Waals surface area (Å²) in [6.45, 7) is 6.70. The Hall–Kier alpha value is -11.3. The largest absolute Gasteiger partial charge is 0.317 e. The van der Waals surface area contributed by atoms with Crippen molar-refractivity contribution in [2.75, 3.05) is 4.90 Å². The van der Waals surface area contributed by atoms with Gasteiger partial charge in [-0.05, 0) is 178 Å². The number of fused-ring (bicyclic) bond motifs is 12. The fourth-order valence-electron chi connectivity index (χ4n) is 13.0. The highest BCUT2D eigenvalue weighted by Gasteiger charge is 2.21. The summed E-state index contributed by atoms with van der Waals surface area (Å²) in [4.78, 5) is 7.64. The van der Waals surface area contributed by atoms with Crippen LogP contribution in [-0.4, -0.2) is 18.7 Å². The molecule has 0 saturated heterocycles. The molecule has 12 aromatic carbocycles. The molecule has 0 unspecified atom stereocenters. The highest BCUT2D eigenvalue weighted by molar-refractivity contribution is 6.17. The van der Waals surface area contributed by atoms with Gasteiger partial charge in [0.15, 0.2) is 0 Å². The number of aryl methyl sites for hydroxylation is 1. The topological polar surface area (TPSA) is 30.9 Å². The Morgan fingerprint density at radius 1 is 0.341 bits per heavy atom. The van der Waals surface area contributed by atoms with Crippen molar-refractivity contribution in [1.29, 1.82) is 0 Å². The Bertz CT molecular complexity index is 5370. The number of rotatable bonds is 6. The second-order valence-electron chi connectivity index (χ2n) is 22.2. The summed E-state index contributed by atoms with van der Waals surface area (Å²) in [6.07, 6.45) is 8.67. The van der Waals surface area contributed by atoms with Gasteiger partial charge < -0.3 is 14.0 Å². The quantitative estimate of drug-likeness (QED) is 0.166. The van der Waals surface area contributed by atoms with Gasteiger partial charge in [-0.25, -0.2) is 4.98 Å². The molecular weight excluding hydrogens is 1030 g/mol. The van der Waals surface area contributed by atoms with E-state index >= 15 is 0 Å². The zero-order valence-electron chi connectivity index (χ0n) is 46.8. The van der Waals surface area contributed by atoms with Crippen molar-refractivity contribution >= 4 is 109 Å². The van der Waals surface area contributed by atoms with Crippen LogP contribution in [-0.2, 0) is 0 Å². The lowest BCUT2D eigenvalue weighted by atomic mass is 9.95. The molecule has 1 aliphatic heterocycles. The normalized spacial score (nSPS) is 13.5. The van der Waals surface area contributed by atoms with E-state index in [-0.39, 0.29) is 0 Å². The zero-order chi connectivity index (χ0) is 56.5. The molecule has 17 rings (SSSR count). The van der Waals surface area contributed by atoms with E-state index in [9.17, 15) is 0 Å². The first-order valence-electron chi connectivity index (χ1n) is 29.0. The number of para-hydroxylation sites is 4. The molecule has 0 fully saturated rings. The van der Waals surface area contributed by atoms with Crippen LogP contribution in [0.1, 0.15) is 16.7 Å². The standard InChI is InChI=1S/C73H47N5.C7H8/c1-47-38-55(36-37-75(56-20-4-2-5-21-56)66-26-14-12-24-59(47)66)54-29-33-69-62(43-54)64-39-48-16-8-10-18-50(48)44-71(64)77(69)58-31-35-73(74-46-58)78-70-34-30-53(42-63(70)65-40-49-17-9-11-19-51(49)45-72(65)78)52-28-32-68-61(41-52)60-25-13-15-27-67(60)76(68)57-22-6-3-7-23-57;1-7-5-3-2-4-6-7/h2-46H,1H2;2-6H,1H3/b37-36-,55-38+;. The van der Waals surface area contributed by atoms with Crippen LogP contribution in [0.15, 0.2) is 310 Å². The number of aromatic nitrogens is 4. The third-order valence-corrected chi connectivity index (χ3v) is 17.1. The molecule has 0 spiro atoms. The molecule has 0 bridgehead atoms. The molecule has 5 nitrogen and oxygen atoms in total. The van der Waals surface area contributed by atoms with Gasteiger partial charge in [0.25, 0.3) is 0 Å². The highest BCUT2D eigenvalue weighted by atomic mass is 15.1. The molecule has 85 heavy (non-hydrogen) atoms. The van der Waals surface area contributed by atoms with Gasteiger partial charge >= 0.3 is 0 Å². The lowest BCUT2D eigenvalue weighted by molar-refractivity contribution is 1.05. The predicted octanol–water partition coefficient (Wildman–Crippen LogP) is 21.1. The fraction of sp³-hybridized carbons (Fsp3) is 0.0125. The van der Waals surface area contributed by atoms with Crippen molar-refractivity contribution < 1.29 is 0 Å². The van der Waals surface area contributed by atoms with Crippen LogP contribution in [0, 0.1) is 6.92 Å². The predicted molar refractivity (Wildman–Crippen MR) is 360 cm³/mol. The number of benzene rings is 12. The number of pyridine rings is 1. The van der Waals surface area contributed by atoms with Gasteiger partial charge in [-0.1, -0.05) is 182 Å². The minimum Gasteiger partial charge on any atom is -0.317 e. The van der Waals surface area contributed by atoms with Gasteiger partial charge in [-0.3, -0.25) is 4.57 Å². The summed E-state index contributed by atoms with van der Waals surface area (Å²) < 4.78 is 7.10. The Morgan fingerprint density at radius 2 is 0.812 bits per heavy atom. The number of hydrogen-bond donors (Lipinski definition) is 0. The van der Waals surface area contributed by atoms with E-state index in [1.165, 1.54) is 81.6 Å². The lowest BCUT2D eigenvalue weighted by Crippen LogP contribution is -2.11. The third kappa shape index (κ3) is 8.51. The van der Waals surface area contributed by atoms with E-state index in [2.05, 4.69) is 311 Å². The van der Waals surface area contributed by atoms with Crippen LogP contribution in [0.4, 0.5) is 11.4 Å². The molecule has 4 aromatic heterocycles. The SMILES string of the molecule is C=C1/C=C(c2ccc3c(c2)c2cc4ccccc4cc2n3-c2ccc(-n3c4ccc(-c5ccc6c(c5)c5ccccc5n6-c5ccccc5)cc4c4cc5ccccc5cc43)nc2)\C=C/N(c2ccccc2)c2ccccc21.Cc1ccccc1. The first kappa shape index (κ1) is 49.5. The first-order valence-corrected chi connectivity index (χ1v) is 29.0. The first-order chi connectivity index (χ1) is 42.0. The zero-order valence-corrected chi connectivity index (χ0v) is 46.8. The van der Waals surface area contributed by atoms with E-state index in [0.717, 1.165) is 72.9 Å². The van der Waals surface area contributed by atoms with Gasteiger partial charge in [0.2, 0.25) is 0 Å².